The second kappa shape index (κ2) is 6.65. The Bertz CT molecular complexity index is 417. The smallest absolute Gasteiger partial charge is 0.234 e. The Morgan fingerprint density at radius 3 is 2.70 bits per heavy atom. The highest BCUT2D eigenvalue weighted by Crippen LogP contribution is 2.33. The van der Waals surface area contributed by atoms with Crippen LogP contribution in [-0.4, -0.2) is 41.2 Å². The lowest BCUT2D eigenvalue weighted by atomic mass is 9.95. The summed E-state index contributed by atoms with van der Waals surface area (Å²) in [6, 6.07) is 0. The first kappa shape index (κ1) is 15.4. The molecule has 1 saturated heterocycles. The summed E-state index contributed by atoms with van der Waals surface area (Å²) < 4.78 is 16.6. The van der Waals surface area contributed by atoms with E-state index in [0.717, 1.165) is 12.8 Å². The molecule has 6 nitrogen and oxygen atoms in total. The molecule has 1 N–H and O–H groups in total. The Morgan fingerprint density at radius 1 is 1.35 bits per heavy atom. The fraction of sp³-hybridized carbons (Fsp3) is 0.857. The molecule has 6 heteroatoms. The molecule has 2 heterocycles. The van der Waals surface area contributed by atoms with Crippen LogP contribution in [0.2, 0.25) is 0 Å². The number of hydrogen-bond acceptors (Lipinski definition) is 6. The average molecular weight is 284 g/mol. The van der Waals surface area contributed by atoms with Gasteiger partial charge in [-0.1, -0.05) is 19.0 Å². The molecule has 0 bridgehead atoms. The van der Waals surface area contributed by atoms with E-state index in [-0.39, 0.29) is 5.92 Å². The van der Waals surface area contributed by atoms with E-state index in [1.807, 2.05) is 20.8 Å². The van der Waals surface area contributed by atoms with E-state index in [9.17, 15) is 5.11 Å². The van der Waals surface area contributed by atoms with Gasteiger partial charge in [0.2, 0.25) is 11.7 Å². The zero-order chi connectivity index (χ0) is 14.6. The predicted octanol–water partition coefficient (Wildman–Crippen LogP) is 1.99. The number of hydrogen-bond donors (Lipinski definition) is 1. The van der Waals surface area contributed by atoms with E-state index in [0.29, 0.717) is 38.0 Å². The second-order valence-electron chi connectivity index (χ2n) is 5.13. The maximum atomic E-state index is 10.0. The molecule has 0 amide bonds. The fourth-order valence-corrected chi connectivity index (χ4v) is 2.64. The molecule has 1 aromatic heterocycles. The molecule has 1 aromatic rings. The van der Waals surface area contributed by atoms with Gasteiger partial charge in [0, 0.05) is 13.2 Å². The molecule has 2 rings (SSSR count). The Kier molecular flexibility index (Phi) is 5.12. The molecule has 2 atom stereocenters. The summed E-state index contributed by atoms with van der Waals surface area (Å²) in [4.78, 5) is 4.47. The number of ether oxygens (including phenoxy) is 2. The number of rotatable bonds is 6. The van der Waals surface area contributed by atoms with Gasteiger partial charge in [0.05, 0.1) is 18.6 Å². The molecule has 1 aliphatic heterocycles. The lowest BCUT2D eigenvalue weighted by Crippen LogP contribution is -2.31. The lowest BCUT2D eigenvalue weighted by Gasteiger charge is -2.28. The van der Waals surface area contributed by atoms with Crippen molar-refractivity contribution in [3.05, 3.63) is 11.7 Å². The van der Waals surface area contributed by atoms with Crippen molar-refractivity contribution in [2.75, 3.05) is 19.8 Å². The monoisotopic (exact) mass is 284 g/mol. The maximum absolute atomic E-state index is 10.0. The summed E-state index contributed by atoms with van der Waals surface area (Å²) in [5.74, 6) is 0.772. The number of aromatic nitrogens is 2. The third-order valence-corrected chi connectivity index (χ3v) is 4.05. The van der Waals surface area contributed by atoms with Crippen molar-refractivity contribution in [3.63, 3.8) is 0 Å². The van der Waals surface area contributed by atoms with Crippen molar-refractivity contribution in [3.8, 4) is 0 Å². The Hall–Kier alpha value is -0.980. The van der Waals surface area contributed by atoms with Gasteiger partial charge in [0.1, 0.15) is 5.60 Å². The van der Waals surface area contributed by atoms with E-state index in [2.05, 4.69) is 10.1 Å². The van der Waals surface area contributed by atoms with Crippen LogP contribution in [0.4, 0.5) is 0 Å². The molecular formula is C14H24N2O4. The number of aliphatic hydroxyl groups excluding tert-OH is 1. The summed E-state index contributed by atoms with van der Waals surface area (Å²) in [5, 5.41) is 14.1. The first-order chi connectivity index (χ1) is 9.66. The molecule has 0 aromatic carbocycles. The second-order valence-corrected chi connectivity index (χ2v) is 5.13. The lowest BCUT2D eigenvalue weighted by molar-refractivity contribution is -0.0583. The molecule has 0 aliphatic carbocycles. The minimum atomic E-state index is -0.503. The minimum Gasteiger partial charge on any atom is -0.392 e. The van der Waals surface area contributed by atoms with Crippen LogP contribution in [0.15, 0.2) is 4.52 Å². The van der Waals surface area contributed by atoms with Crippen molar-refractivity contribution in [2.45, 2.75) is 57.7 Å². The minimum absolute atomic E-state index is 0.238. The molecule has 20 heavy (non-hydrogen) atoms. The van der Waals surface area contributed by atoms with Crippen LogP contribution in [0.3, 0.4) is 0 Å². The third kappa shape index (κ3) is 2.87. The molecule has 0 saturated carbocycles. The normalized spacial score (nSPS) is 24.0. The summed E-state index contributed by atoms with van der Waals surface area (Å²) in [6.45, 7) is 7.65. The van der Waals surface area contributed by atoms with Crippen LogP contribution in [0, 0.1) is 0 Å². The summed E-state index contributed by atoms with van der Waals surface area (Å²) in [6.07, 6.45) is 1.67. The van der Waals surface area contributed by atoms with Gasteiger partial charge in [0.15, 0.2) is 0 Å². The van der Waals surface area contributed by atoms with Gasteiger partial charge >= 0.3 is 0 Å². The van der Waals surface area contributed by atoms with Gasteiger partial charge in [-0.25, -0.2) is 0 Å². The van der Waals surface area contributed by atoms with E-state index >= 15 is 0 Å². The van der Waals surface area contributed by atoms with Crippen molar-refractivity contribution in [2.24, 2.45) is 0 Å². The van der Waals surface area contributed by atoms with Crippen molar-refractivity contribution in [1.82, 2.24) is 10.1 Å². The predicted molar refractivity (Wildman–Crippen MR) is 72.4 cm³/mol. The SMILES string of the molecule is CCOC(CC)(CC)c1noc(C2COCCC2O)n1. The zero-order valence-electron chi connectivity index (χ0n) is 12.5. The van der Waals surface area contributed by atoms with Gasteiger partial charge < -0.3 is 19.1 Å². The first-order valence-corrected chi connectivity index (χ1v) is 7.40. The number of aliphatic hydroxyl groups is 1. The van der Waals surface area contributed by atoms with Crippen molar-refractivity contribution >= 4 is 0 Å². The van der Waals surface area contributed by atoms with Gasteiger partial charge in [0.25, 0.3) is 0 Å². The highest BCUT2D eigenvalue weighted by molar-refractivity contribution is 5.05. The van der Waals surface area contributed by atoms with E-state index < -0.39 is 11.7 Å². The number of nitrogens with zero attached hydrogens (tertiary/aromatic N) is 2. The molecule has 0 radical (unpaired) electrons. The largest absolute Gasteiger partial charge is 0.392 e. The highest BCUT2D eigenvalue weighted by Gasteiger charge is 2.37. The van der Waals surface area contributed by atoms with Gasteiger partial charge in [-0.3, -0.25) is 0 Å². The van der Waals surface area contributed by atoms with Crippen LogP contribution < -0.4 is 0 Å². The molecule has 1 aliphatic rings. The van der Waals surface area contributed by atoms with Crippen molar-refractivity contribution in [1.29, 1.82) is 0 Å². The van der Waals surface area contributed by atoms with Gasteiger partial charge in [-0.05, 0) is 26.2 Å². The van der Waals surface area contributed by atoms with Crippen molar-refractivity contribution < 1.29 is 19.1 Å². The molecule has 1 fully saturated rings. The zero-order valence-corrected chi connectivity index (χ0v) is 12.5. The van der Waals surface area contributed by atoms with Crippen LogP contribution in [0.25, 0.3) is 0 Å². The van der Waals surface area contributed by atoms with E-state index in [1.54, 1.807) is 0 Å². The summed E-state index contributed by atoms with van der Waals surface area (Å²) in [7, 11) is 0. The van der Waals surface area contributed by atoms with E-state index in [1.165, 1.54) is 0 Å². The maximum Gasteiger partial charge on any atom is 0.234 e. The fourth-order valence-electron chi connectivity index (χ4n) is 2.64. The summed E-state index contributed by atoms with van der Waals surface area (Å²) >= 11 is 0. The Morgan fingerprint density at radius 2 is 2.10 bits per heavy atom. The van der Waals surface area contributed by atoms with Crippen LogP contribution in [0.5, 0.6) is 0 Å². The molecule has 114 valence electrons. The Balaban J connectivity index is 2.22. The van der Waals surface area contributed by atoms with Gasteiger partial charge in [-0.15, -0.1) is 0 Å². The first-order valence-electron chi connectivity index (χ1n) is 7.40. The molecule has 0 spiro atoms. The van der Waals surface area contributed by atoms with Crippen LogP contribution in [-0.2, 0) is 15.1 Å². The Labute approximate surface area is 119 Å². The summed E-state index contributed by atoms with van der Waals surface area (Å²) in [5.41, 5.74) is -0.503. The standard InChI is InChI=1S/C14H24N2O4/c1-4-14(5-2,19-6-3)13-15-12(20-16-13)10-9-18-8-7-11(10)17/h10-11,17H,4-9H2,1-3H3. The van der Waals surface area contributed by atoms with E-state index in [4.69, 9.17) is 14.0 Å². The van der Waals surface area contributed by atoms with Crippen LogP contribution in [0.1, 0.15) is 57.7 Å². The average Bonchev–Trinajstić information content (AvgIpc) is 2.95. The molecular weight excluding hydrogens is 260 g/mol. The highest BCUT2D eigenvalue weighted by atomic mass is 16.5. The third-order valence-electron chi connectivity index (χ3n) is 4.05. The van der Waals surface area contributed by atoms with Gasteiger partial charge in [-0.2, -0.15) is 4.98 Å². The topological polar surface area (TPSA) is 77.6 Å². The van der Waals surface area contributed by atoms with Crippen LogP contribution >= 0.6 is 0 Å². The quantitative estimate of drug-likeness (QED) is 0.860. The molecule has 2 unspecified atom stereocenters.